The molecule has 10 fully saturated rings. The lowest BCUT2D eigenvalue weighted by Gasteiger charge is -2.60. The summed E-state index contributed by atoms with van der Waals surface area (Å²) in [7, 11) is 0. The van der Waals surface area contributed by atoms with Gasteiger partial charge in [-0.15, -0.1) is 0 Å². The first-order chi connectivity index (χ1) is 19.5. The molecule has 1 aromatic carbocycles. The second-order valence-electron chi connectivity index (χ2n) is 14.3. The van der Waals surface area contributed by atoms with Crippen LogP contribution in [0.5, 0.6) is 0 Å². The third-order valence-corrected chi connectivity index (χ3v) is 11.8. The largest absolute Gasteiger partial charge is 0.443 e. The quantitative estimate of drug-likeness (QED) is 0.607. The first kappa shape index (κ1) is 25.1. The maximum atomic E-state index is 12.5. The summed E-state index contributed by atoms with van der Waals surface area (Å²) in [5.74, 6) is 6.90. The van der Waals surface area contributed by atoms with Crippen LogP contribution in [0.3, 0.4) is 0 Å². The van der Waals surface area contributed by atoms with Crippen molar-refractivity contribution in [2.75, 3.05) is 13.1 Å². The van der Waals surface area contributed by atoms with Crippen LogP contribution >= 0.6 is 0 Å². The van der Waals surface area contributed by atoms with E-state index in [1.54, 1.807) is 5.01 Å². The molecular formula is C32H42N4O4. The van der Waals surface area contributed by atoms with Gasteiger partial charge < -0.3 is 4.74 Å². The maximum Gasteiger partial charge on any atom is 0.429 e. The predicted octanol–water partition coefficient (Wildman–Crippen LogP) is 4.37. The Balaban J connectivity index is 0.000000139. The number of carbonyl (C=O) groups excluding carboxylic acids is 3. The van der Waals surface area contributed by atoms with E-state index in [1.165, 1.54) is 69.2 Å². The van der Waals surface area contributed by atoms with Crippen molar-refractivity contribution in [3.8, 4) is 0 Å². The first-order valence-electron chi connectivity index (χ1n) is 15.9. The van der Waals surface area contributed by atoms with Gasteiger partial charge in [-0.1, -0.05) is 30.3 Å². The fourth-order valence-corrected chi connectivity index (χ4v) is 10.7. The highest BCUT2D eigenvalue weighted by Crippen LogP contribution is 2.56. The Labute approximate surface area is 236 Å². The summed E-state index contributed by atoms with van der Waals surface area (Å²) in [6, 6.07) is 10.4. The Hall–Kier alpha value is -2.61. The predicted molar refractivity (Wildman–Crippen MR) is 147 cm³/mol. The van der Waals surface area contributed by atoms with Crippen molar-refractivity contribution in [3.05, 3.63) is 35.9 Å². The second kappa shape index (κ2) is 9.74. The molecule has 8 nitrogen and oxygen atoms in total. The minimum absolute atomic E-state index is 0.0779. The van der Waals surface area contributed by atoms with Crippen molar-refractivity contribution >= 4 is 17.9 Å². The summed E-state index contributed by atoms with van der Waals surface area (Å²) in [5.41, 5.74) is 4.17. The van der Waals surface area contributed by atoms with Gasteiger partial charge in [0.05, 0.1) is 18.6 Å². The van der Waals surface area contributed by atoms with Crippen molar-refractivity contribution in [3.63, 3.8) is 0 Å². The molecule has 214 valence electrons. The Morgan fingerprint density at radius 1 is 0.725 bits per heavy atom. The van der Waals surface area contributed by atoms with Crippen molar-refractivity contribution in [2.45, 2.75) is 82.9 Å². The van der Waals surface area contributed by atoms with E-state index in [1.807, 2.05) is 35.3 Å². The molecule has 11 rings (SSSR count). The number of carbonyl (C=O) groups is 3. The fourth-order valence-electron chi connectivity index (χ4n) is 10.7. The summed E-state index contributed by atoms with van der Waals surface area (Å²) in [6.07, 6.45) is 13.0. The molecule has 3 amide bonds. The highest BCUT2D eigenvalue weighted by molar-refractivity contribution is 5.90. The molecule has 0 spiro atoms. The number of hydrogen-bond acceptors (Lipinski definition) is 5. The molecule has 2 saturated heterocycles. The number of rotatable bonds is 4. The molecule has 10 aliphatic rings. The average Bonchev–Trinajstić information content (AvgIpc) is 2.93. The number of hydrazine groups is 2. The Morgan fingerprint density at radius 3 is 1.70 bits per heavy atom. The van der Waals surface area contributed by atoms with Crippen molar-refractivity contribution in [2.24, 2.45) is 47.3 Å². The Kier molecular flexibility index (Phi) is 6.12. The lowest BCUT2D eigenvalue weighted by Crippen LogP contribution is -2.71. The zero-order valence-corrected chi connectivity index (χ0v) is 23.3. The molecule has 2 heterocycles. The summed E-state index contributed by atoms with van der Waals surface area (Å²) < 4.78 is 5.45. The number of amides is 3. The number of hydrogen-bond donors (Lipinski definition) is 1. The molecular weight excluding hydrogens is 504 g/mol. The molecule has 0 unspecified atom stereocenters. The zero-order chi connectivity index (χ0) is 27.0. The summed E-state index contributed by atoms with van der Waals surface area (Å²) in [6.45, 7) is 0.985. The summed E-state index contributed by atoms with van der Waals surface area (Å²) in [4.78, 5) is 36.3. The van der Waals surface area contributed by atoms with E-state index in [4.69, 9.17) is 4.74 Å². The van der Waals surface area contributed by atoms with E-state index in [9.17, 15) is 14.4 Å². The van der Waals surface area contributed by atoms with Gasteiger partial charge in [-0.25, -0.2) is 20.2 Å². The van der Waals surface area contributed by atoms with Crippen LogP contribution in [0.25, 0.3) is 0 Å². The van der Waals surface area contributed by atoms with Gasteiger partial charge in [0.2, 0.25) is 0 Å². The number of nitrogens with zero attached hydrogens (tertiary/aromatic N) is 3. The van der Waals surface area contributed by atoms with Crippen molar-refractivity contribution in [1.82, 2.24) is 20.5 Å². The van der Waals surface area contributed by atoms with Gasteiger partial charge in [-0.2, -0.15) is 0 Å². The minimum atomic E-state index is -0.391. The highest BCUT2D eigenvalue weighted by Gasteiger charge is 2.56. The van der Waals surface area contributed by atoms with Gasteiger partial charge in [-0.05, 0) is 117 Å². The highest BCUT2D eigenvalue weighted by atomic mass is 16.6. The standard InChI is InChI=1S/C20H24N2O3.C12H18N2O/c23-18-11-21(20(24)25-12-13-4-2-1-3-5-13)22(18)19-16-7-14-6-15(9-16)10-17(19)8-14;15-11-6-13-14(11)12-9-2-7-1-8(4-9)5-10(12)3-7/h1-5,14-17,19H,6-12H2;7-10,12-13H,1-6H2. The van der Waals surface area contributed by atoms with Gasteiger partial charge in [0, 0.05) is 0 Å². The Bertz CT molecular complexity index is 1120. The second-order valence-corrected chi connectivity index (χ2v) is 14.3. The summed E-state index contributed by atoms with van der Waals surface area (Å²) in [5, 5.41) is 5.26. The van der Waals surface area contributed by atoms with Crippen LogP contribution in [0.1, 0.15) is 69.8 Å². The molecule has 2 aliphatic heterocycles. The monoisotopic (exact) mass is 546 g/mol. The van der Waals surface area contributed by atoms with Crippen LogP contribution in [0.15, 0.2) is 30.3 Å². The van der Waals surface area contributed by atoms with Crippen LogP contribution in [0.4, 0.5) is 4.79 Å². The average molecular weight is 547 g/mol. The number of nitrogens with one attached hydrogen (secondary N) is 1. The van der Waals surface area contributed by atoms with E-state index in [-0.39, 0.29) is 25.1 Å². The molecule has 1 aromatic rings. The molecule has 0 radical (unpaired) electrons. The third-order valence-electron chi connectivity index (χ3n) is 11.8. The van der Waals surface area contributed by atoms with E-state index >= 15 is 0 Å². The molecule has 8 saturated carbocycles. The number of ether oxygens (including phenoxy) is 1. The zero-order valence-electron chi connectivity index (χ0n) is 23.3. The smallest absolute Gasteiger partial charge is 0.429 e. The molecule has 0 atom stereocenters. The molecule has 8 bridgehead atoms. The van der Waals surface area contributed by atoms with Gasteiger partial charge >= 0.3 is 6.09 Å². The normalized spacial score (nSPS) is 41.9. The SMILES string of the molecule is O=C(OCc1ccccc1)N1CC(=O)N1C1C2CC3CC(C2)CC1C3.O=C1CNN1C1C2CC3CC(C2)CC1C3. The molecule has 40 heavy (non-hydrogen) atoms. The van der Waals surface area contributed by atoms with E-state index in [0.717, 1.165) is 41.1 Å². The van der Waals surface area contributed by atoms with Crippen molar-refractivity contribution in [1.29, 1.82) is 0 Å². The molecule has 8 aliphatic carbocycles. The van der Waals surface area contributed by atoms with Crippen molar-refractivity contribution < 1.29 is 19.1 Å². The lowest BCUT2D eigenvalue weighted by atomic mass is 9.54. The molecule has 1 N–H and O–H groups in total. The van der Waals surface area contributed by atoms with Crippen LogP contribution in [0.2, 0.25) is 0 Å². The van der Waals surface area contributed by atoms with E-state index in [2.05, 4.69) is 5.43 Å². The van der Waals surface area contributed by atoms with Crippen LogP contribution in [-0.2, 0) is 20.9 Å². The van der Waals surface area contributed by atoms with E-state index in [0.29, 0.717) is 30.3 Å². The van der Waals surface area contributed by atoms with Gasteiger partial charge in [0.25, 0.3) is 11.8 Å². The Morgan fingerprint density at radius 2 is 1.25 bits per heavy atom. The lowest BCUT2D eigenvalue weighted by molar-refractivity contribution is -0.201. The number of benzene rings is 1. The molecule has 8 heteroatoms. The summed E-state index contributed by atoms with van der Waals surface area (Å²) >= 11 is 0. The topological polar surface area (TPSA) is 82.2 Å². The van der Waals surface area contributed by atoms with Gasteiger partial charge in [-0.3, -0.25) is 14.6 Å². The fraction of sp³-hybridized carbons (Fsp3) is 0.719. The minimum Gasteiger partial charge on any atom is -0.443 e. The van der Waals surface area contributed by atoms with Gasteiger partial charge in [0.1, 0.15) is 13.2 Å². The van der Waals surface area contributed by atoms with E-state index < -0.39 is 6.09 Å². The molecule has 0 aromatic heterocycles. The third kappa shape index (κ3) is 4.24. The van der Waals surface area contributed by atoms with Gasteiger partial charge in [0.15, 0.2) is 0 Å². The van der Waals surface area contributed by atoms with Crippen LogP contribution < -0.4 is 5.43 Å². The maximum absolute atomic E-state index is 12.5. The van der Waals surface area contributed by atoms with Crippen LogP contribution in [-0.4, -0.2) is 58.1 Å². The van der Waals surface area contributed by atoms with Crippen LogP contribution in [0, 0.1) is 47.3 Å². The first-order valence-corrected chi connectivity index (χ1v) is 15.9.